The Balaban J connectivity index is 1.75. The summed E-state index contributed by atoms with van der Waals surface area (Å²) in [6, 6.07) is 13.0. The van der Waals surface area contributed by atoms with Gasteiger partial charge in [-0.25, -0.2) is 4.68 Å². The van der Waals surface area contributed by atoms with Gasteiger partial charge in [0, 0.05) is 12.1 Å². The Kier molecular flexibility index (Phi) is 5.11. The van der Waals surface area contributed by atoms with Crippen molar-refractivity contribution in [2.75, 3.05) is 5.32 Å². The molecule has 0 atom stereocenters. The second kappa shape index (κ2) is 7.47. The molecule has 134 valence electrons. The zero-order valence-electron chi connectivity index (χ0n) is 15.2. The van der Waals surface area contributed by atoms with E-state index in [0.29, 0.717) is 16.8 Å². The first kappa shape index (κ1) is 17.8. The number of amides is 1. The van der Waals surface area contributed by atoms with E-state index in [9.17, 15) is 9.59 Å². The van der Waals surface area contributed by atoms with Gasteiger partial charge in [0.05, 0.1) is 11.9 Å². The summed E-state index contributed by atoms with van der Waals surface area (Å²) in [7, 11) is 0. The fraction of sp³-hybridized carbons (Fsp3) is 0.300. The van der Waals surface area contributed by atoms with Gasteiger partial charge >= 0.3 is 0 Å². The third-order valence-corrected chi connectivity index (χ3v) is 4.37. The monoisotopic (exact) mass is 350 g/mol. The van der Waals surface area contributed by atoms with Crippen molar-refractivity contribution in [3.8, 4) is 0 Å². The highest BCUT2D eigenvalue weighted by Crippen LogP contribution is 2.27. The van der Waals surface area contributed by atoms with Gasteiger partial charge in [-0.2, -0.15) is 0 Å². The van der Waals surface area contributed by atoms with Crippen LogP contribution in [0.15, 0.2) is 47.3 Å². The van der Waals surface area contributed by atoms with Crippen molar-refractivity contribution < 1.29 is 4.79 Å². The second-order valence-electron chi connectivity index (χ2n) is 6.63. The van der Waals surface area contributed by atoms with Crippen molar-refractivity contribution in [1.29, 1.82) is 0 Å². The number of anilines is 1. The third kappa shape index (κ3) is 3.64. The van der Waals surface area contributed by atoms with Crippen molar-refractivity contribution in [1.82, 2.24) is 15.0 Å². The summed E-state index contributed by atoms with van der Waals surface area (Å²) in [6.07, 6.45) is 0.152. The number of hydrogen-bond donors (Lipinski definition) is 1. The molecule has 0 aliphatic heterocycles. The van der Waals surface area contributed by atoms with Crippen LogP contribution in [0.5, 0.6) is 0 Å². The molecule has 0 aliphatic carbocycles. The highest BCUT2D eigenvalue weighted by atomic mass is 16.2. The normalized spacial score (nSPS) is 11.1. The highest BCUT2D eigenvalue weighted by molar-refractivity contribution is 5.92. The maximum Gasteiger partial charge on any atom is 0.277 e. The van der Waals surface area contributed by atoms with E-state index in [0.717, 1.165) is 16.8 Å². The Morgan fingerprint density at radius 2 is 1.92 bits per heavy atom. The Hall–Kier alpha value is -3.02. The van der Waals surface area contributed by atoms with E-state index >= 15 is 0 Å². The third-order valence-electron chi connectivity index (χ3n) is 4.37. The SMILES string of the molecule is Cc1cccc(C(C)C)c1NC(=O)CCn1nnc2ccccc2c1=O. The molecular formula is C20H22N4O2. The zero-order chi connectivity index (χ0) is 18.7. The van der Waals surface area contributed by atoms with Crippen LogP contribution >= 0.6 is 0 Å². The molecule has 0 spiro atoms. The molecule has 1 aromatic heterocycles. The summed E-state index contributed by atoms with van der Waals surface area (Å²) in [5.74, 6) is 0.155. The average molecular weight is 350 g/mol. The lowest BCUT2D eigenvalue weighted by Gasteiger charge is -2.16. The molecular weight excluding hydrogens is 328 g/mol. The van der Waals surface area contributed by atoms with Gasteiger partial charge < -0.3 is 5.32 Å². The molecule has 0 unspecified atom stereocenters. The largest absolute Gasteiger partial charge is 0.326 e. The topological polar surface area (TPSA) is 76.9 Å². The van der Waals surface area contributed by atoms with Crippen LogP contribution < -0.4 is 10.9 Å². The first-order chi connectivity index (χ1) is 12.5. The first-order valence-electron chi connectivity index (χ1n) is 8.69. The molecule has 6 heteroatoms. The number of nitrogens with one attached hydrogen (secondary N) is 1. The number of carbonyl (C=O) groups is 1. The summed E-state index contributed by atoms with van der Waals surface area (Å²) in [5.41, 5.74) is 3.29. The summed E-state index contributed by atoms with van der Waals surface area (Å²) >= 11 is 0. The second-order valence-corrected chi connectivity index (χ2v) is 6.63. The predicted molar refractivity (Wildman–Crippen MR) is 102 cm³/mol. The molecule has 0 radical (unpaired) electrons. The van der Waals surface area contributed by atoms with Crippen molar-refractivity contribution >= 4 is 22.5 Å². The summed E-state index contributed by atoms with van der Waals surface area (Å²) in [5, 5.41) is 11.4. The minimum Gasteiger partial charge on any atom is -0.326 e. The van der Waals surface area contributed by atoms with Crippen LogP contribution in [-0.4, -0.2) is 20.9 Å². The van der Waals surface area contributed by atoms with Gasteiger partial charge in [0.1, 0.15) is 5.52 Å². The smallest absolute Gasteiger partial charge is 0.277 e. The fourth-order valence-electron chi connectivity index (χ4n) is 2.92. The number of aryl methyl sites for hydroxylation is 2. The van der Waals surface area contributed by atoms with Crippen molar-refractivity contribution in [3.05, 3.63) is 63.9 Å². The number of hydrogen-bond acceptors (Lipinski definition) is 4. The molecule has 1 heterocycles. The molecule has 0 bridgehead atoms. The van der Waals surface area contributed by atoms with Crippen molar-refractivity contribution in [2.24, 2.45) is 0 Å². The van der Waals surface area contributed by atoms with Crippen molar-refractivity contribution in [3.63, 3.8) is 0 Å². The average Bonchev–Trinajstić information content (AvgIpc) is 2.63. The van der Waals surface area contributed by atoms with E-state index in [1.807, 2.05) is 31.2 Å². The van der Waals surface area contributed by atoms with E-state index in [1.165, 1.54) is 4.68 Å². The molecule has 2 aromatic carbocycles. The molecule has 0 saturated carbocycles. The van der Waals surface area contributed by atoms with Crippen LogP contribution in [-0.2, 0) is 11.3 Å². The highest BCUT2D eigenvalue weighted by Gasteiger charge is 2.13. The molecule has 3 aromatic rings. The molecule has 0 aliphatic rings. The summed E-state index contributed by atoms with van der Waals surface area (Å²) in [6.45, 7) is 6.34. The maximum absolute atomic E-state index is 12.4. The lowest BCUT2D eigenvalue weighted by molar-refractivity contribution is -0.116. The minimum absolute atomic E-state index is 0.150. The number of nitrogens with zero attached hydrogens (tertiary/aromatic N) is 3. The summed E-state index contributed by atoms with van der Waals surface area (Å²) < 4.78 is 1.24. The van der Waals surface area contributed by atoms with E-state index < -0.39 is 0 Å². The molecule has 1 N–H and O–H groups in total. The van der Waals surface area contributed by atoms with Gasteiger partial charge in [-0.1, -0.05) is 49.4 Å². The Morgan fingerprint density at radius 1 is 1.15 bits per heavy atom. The van der Waals surface area contributed by atoms with E-state index in [1.54, 1.807) is 18.2 Å². The number of benzene rings is 2. The fourth-order valence-corrected chi connectivity index (χ4v) is 2.92. The zero-order valence-corrected chi connectivity index (χ0v) is 15.2. The van der Waals surface area contributed by atoms with Gasteiger partial charge in [-0.3, -0.25) is 9.59 Å². The van der Waals surface area contributed by atoms with Crippen LogP contribution in [0, 0.1) is 6.92 Å². The van der Waals surface area contributed by atoms with Crippen LogP contribution in [0.25, 0.3) is 10.9 Å². The minimum atomic E-state index is -0.234. The molecule has 26 heavy (non-hydrogen) atoms. The van der Waals surface area contributed by atoms with Gasteiger partial charge in [0.15, 0.2) is 0 Å². The van der Waals surface area contributed by atoms with Gasteiger partial charge in [0.25, 0.3) is 5.56 Å². The van der Waals surface area contributed by atoms with Crippen LogP contribution in [0.2, 0.25) is 0 Å². The number of fused-ring (bicyclic) bond motifs is 1. The Morgan fingerprint density at radius 3 is 2.69 bits per heavy atom. The first-order valence-corrected chi connectivity index (χ1v) is 8.69. The molecule has 3 rings (SSSR count). The van der Waals surface area contributed by atoms with E-state index in [-0.39, 0.29) is 24.4 Å². The van der Waals surface area contributed by atoms with Gasteiger partial charge in [0.2, 0.25) is 5.91 Å². The molecule has 6 nitrogen and oxygen atoms in total. The predicted octanol–water partition coefficient (Wildman–Crippen LogP) is 3.25. The van der Waals surface area contributed by atoms with Gasteiger partial charge in [-0.05, 0) is 36.1 Å². The summed E-state index contributed by atoms with van der Waals surface area (Å²) in [4.78, 5) is 24.8. The standard InChI is InChI=1S/C20H22N4O2/c1-13(2)15-9-6-7-14(3)19(15)21-18(25)11-12-24-20(26)16-8-4-5-10-17(16)22-23-24/h4-10,13H,11-12H2,1-3H3,(H,21,25). The number of para-hydroxylation sites is 1. The van der Waals surface area contributed by atoms with Crippen LogP contribution in [0.4, 0.5) is 5.69 Å². The lowest BCUT2D eigenvalue weighted by Crippen LogP contribution is -2.26. The lowest BCUT2D eigenvalue weighted by atomic mass is 9.98. The number of rotatable bonds is 5. The van der Waals surface area contributed by atoms with Crippen LogP contribution in [0.1, 0.15) is 37.3 Å². The molecule has 1 amide bonds. The quantitative estimate of drug-likeness (QED) is 0.766. The Bertz CT molecular complexity index is 1010. The Labute approximate surface area is 151 Å². The van der Waals surface area contributed by atoms with Crippen LogP contribution in [0.3, 0.4) is 0 Å². The molecule has 0 saturated heterocycles. The number of carbonyl (C=O) groups excluding carboxylic acids is 1. The van der Waals surface area contributed by atoms with E-state index in [4.69, 9.17) is 0 Å². The molecule has 0 fully saturated rings. The van der Waals surface area contributed by atoms with E-state index in [2.05, 4.69) is 29.5 Å². The van der Waals surface area contributed by atoms with Gasteiger partial charge in [-0.15, -0.1) is 5.10 Å². The maximum atomic E-state index is 12.4. The number of aromatic nitrogens is 3. The van der Waals surface area contributed by atoms with Crippen molar-refractivity contribution in [2.45, 2.75) is 39.7 Å².